The van der Waals surface area contributed by atoms with Crippen molar-refractivity contribution in [2.45, 2.75) is 26.8 Å². The molecule has 0 bridgehead atoms. The second-order valence-corrected chi connectivity index (χ2v) is 6.18. The summed E-state index contributed by atoms with van der Waals surface area (Å²) >= 11 is 0. The minimum atomic E-state index is -0.630. The fraction of sp³-hybridized carbons (Fsp3) is 0.421. The van der Waals surface area contributed by atoms with Gasteiger partial charge >= 0.3 is 0 Å². The summed E-state index contributed by atoms with van der Waals surface area (Å²) < 4.78 is 21.1. The second-order valence-electron chi connectivity index (χ2n) is 6.18. The van der Waals surface area contributed by atoms with Crippen molar-refractivity contribution in [1.29, 1.82) is 0 Å². The normalized spacial score (nSPS) is 11.8. The third kappa shape index (κ3) is 4.80. The molecule has 28 heavy (non-hydrogen) atoms. The van der Waals surface area contributed by atoms with Crippen LogP contribution in [0.4, 0.5) is 5.69 Å². The van der Waals surface area contributed by atoms with E-state index in [0.717, 1.165) is 11.3 Å². The number of nitro groups is 1. The van der Waals surface area contributed by atoms with Crippen molar-refractivity contribution in [3.8, 4) is 11.5 Å². The van der Waals surface area contributed by atoms with Crippen LogP contribution in [-0.4, -0.2) is 38.3 Å². The zero-order chi connectivity index (χ0) is 20.8. The molecular weight excluding hydrogens is 368 g/mol. The van der Waals surface area contributed by atoms with E-state index < -0.39 is 16.9 Å². The van der Waals surface area contributed by atoms with Crippen molar-refractivity contribution in [2.24, 2.45) is 0 Å². The molecule has 1 N–H and O–H groups in total. The van der Waals surface area contributed by atoms with Crippen LogP contribution in [0, 0.1) is 24.0 Å². The van der Waals surface area contributed by atoms with E-state index in [1.54, 1.807) is 13.8 Å². The summed E-state index contributed by atoms with van der Waals surface area (Å²) in [5.41, 5.74) is 0.309. The second kappa shape index (κ2) is 9.23. The number of ether oxygens (including phenoxy) is 3. The molecule has 1 amide bonds. The van der Waals surface area contributed by atoms with Crippen molar-refractivity contribution in [3.63, 3.8) is 0 Å². The molecule has 0 aliphatic rings. The summed E-state index contributed by atoms with van der Waals surface area (Å²) in [6.45, 7) is 5.87. The Balaban J connectivity index is 2.32. The van der Waals surface area contributed by atoms with Gasteiger partial charge in [-0.15, -0.1) is 0 Å². The molecule has 0 fully saturated rings. The summed E-state index contributed by atoms with van der Waals surface area (Å²) in [6, 6.07) is 3.91. The number of nitrogens with zero attached hydrogens (tertiary/aromatic N) is 1. The van der Waals surface area contributed by atoms with Crippen LogP contribution in [0.1, 0.15) is 40.4 Å². The highest BCUT2D eigenvalue weighted by Crippen LogP contribution is 2.35. The lowest BCUT2D eigenvalue weighted by molar-refractivity contribution is -0.385. The molecule has 1 heterocycles. The van der Waals surface area contributed by atoms with Crippen molar-refractivity contribution in [1.82, 2.24) is 5.32 Å². The topological polar surface area (TPSA) is 113 Å². The molecule has 1 atom stereocenters. The summed E-state index contributed by atoms with van der Waals surface area (Å²) in [5.74, 6) is 1.18. The van der Waals surface area contributed by atoms with Crippen LogP contribution in [0.2, 0.25) is 0 Å². The number of nitro benzene ring substituents is 1. The van der Waals surface area contributed by atoms with E-state index in [-0.39, 0.29) is 29.4 Å². The highest BCUT2D eigenvalue weighted by atomic mass is 16.6. The van der Waals surface area contributed by atoms with Crippen LogP contribution >= 0.6 is 0 Å². The summed E-state index contributed by atoms with van der Waals surface area (Å²) in [5, 5.41) is 14.3. The maximum absolute atomic E-state index is 12.7. The lowest BCUT2D eigenvalue weighted by Crippen LogP contribution is -2.27. The number of benzene rings is 1. The SMILES string of the molecule is COCCOc1cc([N+](=O)[O-])c(C(=O)NC(C)c2cc(C)oc2C)cc1OC. The Bertz CT molecular complexity index is 860. The van der Waals surface area contributed by atoms with Crippen molar-refractivity contribution in [3.05, 3.63) is 51.0 Å². The maximum atomic E-state index is 12.7. The predicted molar refractivity (Wildman–Crippen MR) is 101 cm³/mol. The van der Waals surface area contributed by atoms with E-state index in [4.69, 9.17) is 18.6 Å². The lowest BCUT2D eigenvalue weighted by atomic mass is 10.1. The van der Waals surface area contributed by atoms with E-state index in [9.17, 15) is 14.9 Å². The van der Waals surface area contributed by atoms with Crippen molar-refractivity contribution >= 4 is 11.6 Å². The molecule has 0 saturated heterocycles. The Hall–Kier alpha value is -3.07. The van der Waals surface area contributed by atoms with Crippen LogP contribution in [-0.2, 0) is 4.74 Å². The first kappa shape index (κ1) is 21.2. The largest absolute Gasteiger partial charge is 0.493 e. The number of carbonyl (C=O) groups excluding carboxylic acids is 1. The fourth-order valence-corrected chi connectivity index (χ4v) is 2.82. The number of aryl methyl sites for hydroxylation is 2. The monoisotopic (exact) mass is 392 g/mol. The average molecular weight is 392 g/mol. The Morgan fingerprint density at radius 1 is 1.21 bits per heavy atom. The van der Waals surface area contributed by atoms with Crippen molar-refractivity contribution < 1.29 is 28.3 Å². The first-order valence-electron chi connectivity index (χ1n) is 8.64. The maximum Gasteiger partial charge on any atom is 0.286 e. The molecule has 2 rings (SSSR count). The Morgan fingerprint density at radius 3 is 2.46 bits per heavy atom. The number of carbonyl (C=O) groups is 1. The predicted octanol–water partition coefficient (Wildman–Crippen LogP) is 3.33. The lowest BCUT2D eigenvalue weighted by Gasteiger charge is -2.15. The van der Waals surface area contributed by atoms with Gasteiger partial charge in [-0.25, -0.2) is 0 Å². The van der Waals surface area contributed by atoms with Crippen molar-refractivity contribution in [2.75, 3.05) is 27.4 Å². The Morgan fingerprint density at radius 2 is 1.93 bits per heavy atom. The fourth-order valence-electron chi connectivity index (χ4n) is 2.82. The van der Waals surface area contributed by atoms with E-state index in [1.807, 2.05) is 13.0 Å². The summed E-state index contributed by atoms with van der Waals surface area (Å²) in [6.07, 6.45) is 0. The van der Waals surface area contributed by atoms with Gasteiger partial charge in [-0.3, -0.25) is 14.9 Å². The number of methoxy groups -OCH3 is 2. The van der Waals surface area contributed by atoms with Gasteiger partial charge in [0.1, 0.15) is 23.7 Å². The van der Waals surface area contributed by atoms with Crippen LogP contribution in [0.15, 0.2) is 22.6 Å². The van der Waals surface area contributed by atoms with E-state index in [2.05, 4.69) is 5.32 Å². The molecule has 0 aliphatic heterocycles. The van der Waals surface area contributed by atoms with Gasteiger partial charge < -0.3 is 23.9 Å². The third-order valence-electron chi connectivity index (χ3n) is 4.16. The number of nitrogens with one attached hydrogen (secondary N) is 1. The van der Waals surface area contributed by atoms with Gasteiger partial charge in [0.05, 0.1) is 30.7 Å². The molecule has 0 aliphatic carbocycles. The number of hydrogen-bond donors (Lipinski definition) is 1. The van der Waals surface area contributed by atoms with Crippen LogP contribution in [0.25, 0.3) is 0 Å². The zero-order valence-corrected chi connectivity index (χ0v) is 16.5. The third-order valence-corrected chi connectivity index (χ3v) is 4.16. The summed E-state index contributed by atoms with van der Waals surface area (Å²) in [4.78, 5) is 23.6. The van der Waals surface area contributed by atoms with Crippen LogP contribution in [0.3, 0.4) is 0 Å². The molecule has 152 valence electrons. The van der Waals surface area contributed by atoms with E-state index in [0.29, 0.717) is 12.4 Å². The number of furan rings is 1. The van der Waals surface area contributed by atoms with Gasteiger partial charge in [-0.1, -0.05) is 0 Å². The summed E-state index contributed by atoms with van der Waals surface area (Å²) in [7, 11) is 2.91. The smallest absolute Gasteiger partial charge is 0.286 e. The van der Waals surface area contributed by atoms with Gasteiger partial charge in [-0.05, 0) is 26.8 Å². The molecule has 9 nitrogen and oxygen atoms in total. The van der Waals surface area contributed by atoms with Crippen LogP contribution < -0.4 is 14.8 Å². The molecule has 0 spiro atoms. The van der Waals surface area contributed by atoms with Gasteiger partial charge in [0.15, 0.2) is 11.5 Å². The van der Waals surface area contributed by atoms with Gasteiger partial charge in [0.25, 0.3) is 11.6 Å². The van der Waals surface area contributed by atoms with Gasteiger partial charge in [0, 0.05) is 18.7 Å². The molecule has 1 aromatic heterocycles. The molecule has 9 heteroatoms. The van der Waals surface area contributed by atoms with E-state index in [1.165, 1.54) is 26.4 Å². The average Bonchev–Trinajstić information content (AvgIpc) is 2.99. The number of rotatable bonds is 9. The molecular formula is C19H24N2O7. The number of amides is 1. The number of hydrogen-bond acceptors (Lipinski definition) is 7. The highest BCUT2D eigenvalue weighted by Gasteiger charge is 2.26. The van der Waals surface area contributed by atoms with Gasteiger partial charge in [0.2, 0.25) is 0 Å². The molecule has 1 unspecified atom stereocenters. The van der Waals surface area contributed by atoms with Gasteiger partial charge in [-0.2, -0.15) is 0 Å². The van der Waals surface area contributed by atoms with E-state index >= 15 is 0 Å². The minimum Gasteiger partial charge on any atom is -0.493 e. The quantitative estimate of drug-likeness (QED) is 0.395. The molecule has 0 saturated carbocycles. The Labute approximate surface area is 162 Å². The first-order valence-corrected chi connectivity index (χ1v) is 8.64. The van der Waals surface area contributed by atoms with Crippen LogP contribution in [0.5, 0.6) is 11.5 Å². The Kier molecular flexibility index (Phi) is 7.00. The molecule has 1 aromatic carbocycles. The molecule has 0 radical (unpaired) electrons. The first-order chi connectivity index (χ1) is 13.3. The minimum absolute atomic E-state index is 0.120. The molecule has 2 aromatic rings. The standard InChI is InChI=1S/C19H24N2O7/c1-11-8-14(13(3)28-11)12(2)20-19(22)15-9-17(26-5)18(27-7-6-25-4)10-16(15)21(23)24/h8-10,12H,6-7H2,1-5H3,(H,20,22). The highest BCUT2D eigenvalue weighted by molar-refractivity contribution is 5.99. The zero-order valence-electron chi connectivity index (χ0n) is 16.5.